The number of hydrogen-bond acceptors (Lipinski definition) is 4. The van der Waals surface area contributed by atoms with Gasteiger partial charge in [-0.3, -0.25) is 4.79 Å². The molecule has 0 spiro atoms. The molecular weight excluding hydrogens is 376 g/mol. The van der Waals surface area contributed by atoms with Crippen LogP contribution < -0.4 is 0 Å². The van der Waals surface area contributed by atoms with Gasteiger partial charge in [-0.25, -0.2) is 0 Å². The second-order valence-electron chi connectivity index (χ2n) is 11.6. The lowest BCUT2D eigenvalue weighted by atomic mass is 9.43. The summed E-state index contributed by atoms with van der Waals surface area (Å²) in [7, 11) is 0. The molecule has 0 aromatic carbocycles. The van der Waals surface area contributed by atoms with E-state index in [1.807, 2.05) is 0 Å². The fourth-order valence-corrected chi connectivity index (χ4v) is 8.76. The SMILES string of the molecule is C#CC(=O)CC[C@@H](C)C1CCC2C3C(O)CC4CC(O)CC[C@]4(C)C3CC(O)[C@@]21C. The van der Waals surface area contributed by atoms with Gasteiger partial charge in [0, 0.05) is 6.42 Å². The Balaban J connectivity index is 1.59. The summed E-state index contributed by atoms with van der Waals surface area (Å²) < 4.78 is 0. The Morgan fingerprint density at radius 1 is 1.10 bits per heavy atom. The third-order valence-electron chi connectivity index (χ3n) is 10.5. The summed E-state index contributed by atoms with van der Waals surface area (Å²) >= 11 is 0. The van der Waals surface area contributed by atoms with E-state index in [4.69, 9.17) is 6.42 Å². The third-order valence-corrected chi connectivity index (χ3v) is 10.5. The Morgan fingerprint density at radius 3 is 2.53 bits per heavy atom. The number of aliphatic hydroxyl groups is 3. The van der Waals surface area contributed by atoms with Gasteiger partial charge < -0.3 is 15.3 Å². The molecule has 168 valence electrons. The van der Waals surface area contributed by atoms with Crippen molar-refractivity contribution in [3.8, 4) is 12.3 Å². The number of terminal acetylenes is 1. The highest BCUT2D eigenvalue weighted by atomic mass is 16.3. The van der Waals surface area contributed by atoms with Gasteiger partial charge in [-0.15, -0.1) is 6.42 Å². The van der Waals surface area contributed by atoms with E-state index in [2.05, 4.69) is 26.7 Å². The summed E-state index contributed by atoms with van der Waals surface area (Å²) in [6.07, 6.45) is 11.7. The number of ketones is 1. The van der Waals surface area contributed by atoms with Gasteiger partial charge in [0.25, 0.3) is 0 Å². The molecule has 0 aromatic rings. The van der Waals surface area contributed by atoms with E-state index < -0.39 is 0 Å². The minimum Gasteiger partial charge on any atom is -0.393 e. The van der Waals surface area contributed by atoms with Gasteiger partial charge >= 0.3 is 0 Å². The topological polar surface area (TPSA) is 77.8 Å². The molecular formula is C26H40O4. The van der Waals surface area contributed by atoms with Gasteiger partial charge in [0.2, 0.25) is 5.78 Å². The molecule has 4 fully saturated rings. The van der Waals surface area contributed by atoms with Crippen molar-refractivity contribution in [1.29, 1.82) is 0 Å². The van der Waals surface area contributed by atoms with E-state index in [1.165, 1.54) is 0 Å². The summed E-state index contributed by atoms with van der Waals surface area (Å²) in [5, 5.41) is 33.1. The average molecular weight is 417 g/mol. The summed E-state index contributed by atoms with van der Waals surface area (Å²) in [5.41, 5.74) is -0.105. The molecule has 8 unspecified atom stereocenters. The number of carbonyl (C=O) groups is 1. The van der Waals surface area contributed by atoms with Gasteiger partial charge in [-0.1, -0.05) is 20.8 Å². The first-order valence-electron chi connectivity index (χ1n) is 12.2. The van der Waals surface area contributed by atoms with Crippen LogP contribution in [0.5, 0.6) is 0 Å². The van der Waals surface area contributed by atoms with E-state index >= 15 is 0 Å². The second kappa shape index (κ2) is 7.91. The van der Waals surface area contributed by atoms with E-state index in [1.54, 1.807) is 0 Å². The van der Waals surface area contributed by atoms with Crippen molar-refractivity contribution in [3.63, 3.8) is 0 Å². The number of hydrogen-bond donors (Lipinski definition) is 3. The van der Waals surface area contributed by atoms with Crippen LogP contribution >= 0.6 is 0 Å². The highest BCUT2D eigenvalue weighted by Gasteiger charge is 2.65. The van der Waals surface area contributed by atoms with Crippen molar-refractivity contribution in [3.05, 3.63) is 0 Å². The van der Waals surface area contributed by atoms with Gasteiger partial charge in [0.05, 0.1) is 18.3 Å². The number of rotatable bonds is 4. The van der Waals surface area contributed by atoms with Crippen LogP contribution in [0.2, 0.25) is 0 Å². The fourth-order valence-electron chi connectivity index (χ4n) is 8.76. The molecule has 4 rings (SSSR count). The lowest BCUT2D eigenvalue weighted by Gasteiger charge is -2.63. The van der Waals surface area contributed by atoms with Crippen LogP contribution in [0.3, 0.4) is 0 Å². The van der Waals surface area contributed by atoms with Crippen LogP contribution in [-0.2, 0) is 4.79 Å². The Morgan fingerprint density at radius 2 is 1.83 bits per heavy atom. The predicted molar refractivity (Wildman–Crippen MR) is 116 cm³/mol. The molecule has 3 N–H and O–H groups in total. The largest absolute Gasteiger partial charge is 0.393 e. The van der Waals surface area contributed by atoms with E-state index in [9.17, 15) is 20.1 Å². The summed E-state index contributed by atoms with van der Waals surface area (Å²) in [6.45, 7) is 6.82. The molecule has 0 aliphatic heterocycles. The third kappa shape index (κ3) is 3.28. The zero-order valence-electron chi connectivity index (χ0n) is 18.9. The van der Waals surface area contributed by atoms with Crippen LogP contribution in [0.4, 0.5) is 0 Å². The monoisotopic (exact) mass is 416 g/mol. The lowest BCUT2D eigenvalue weighted by molar-refractivity contribution is -0.207. The Kier molecular flexibility index (Phi) is 5.88. The van der Waals surface area contributed by atoms with Gasteiger partial charge in [0.15, 0.2) is 0 Å². The van der Waals surface area contributed by atoms with Crippen molar-refractivity contribution in [2.75, 3.05) is 0 Å². The normalized spacial score (nSPS) is 51.2. The molecule has 4 nitrogen and oxygen atoms in total. The second-order valence-corrected chi connectivity index (χ2v) is 11.6. The molecule has 4 saturated carbocycles. The molecule has 0 radical (unpaired) electrons. The first kappa shape index (κ1) is 22.3. The van der Waals surface area contributed by atoms with Gasteiger partial charge in [-0.2, -0.15) is 0 Å². The quantitative estimate of drug-likeness (QED) is 0.484. The van der Waals surface area contributed by atoms with Gasteiger partial charge in [0.1, 0.15) is 0 Å². The standard InChI is InChI=1S/C26H40O4/c1-5-17(27)7-6-15(2)19-8-9-20-24-21(14-23(30)26(19,20)4)25(3)11-10-18(28)12-16(25)13-22(24)29/h1,15-16,18-24,28-30H,6-14H2,2-4H3/t15-,16?,18?,19?,20?,21?,22?,23?,24?,25+,26-/m1/s1. The number of fused-ring (bicyclic) bond motifs is 5. The lowest BCUT2D eigenvalue weighted by Crippen LogP contribution is -2.62. The summed E-state index contributed by atoms with van der Waals surface area (Å²) in [6, 6.07) is 0. The Bertz CT molecular complexity index is 712. The molecule has 4 aliphatic carbocycles. The highest BCUT2D eigenvalue weighted by molar-refractivity contribution is 5.94. The zero-order chi connectivity index (χ0) is 21.8. The number of carbonyl (C=O) groups excluding carboxylic acids is 1. The first-order valence-corrected chi connectivity index (χ1v) is 12.2. The van der Waals surface area contributed by atoms with Crippen molar-refractivity contribution >= 4 is 5.78 Å². The average Bonchev–Trinajstić information content (AvgIpc) is 3.06. The first-order chi connectivity index (χ1) is 14.1. The molecule has 0 amide bonds. The Hall–Kier alpha value is -0.890. The minimum absolute atomic E-state index is 0.106. The van der Waals surface area contributed by atoms with Crippen molar-refractivity contribution < 1.29 is 20.1 Å². The molecule has 4 aliphatic rings. The maximum absolute atomic E-state index is 11.6. The molecule has 4 heteroatoms. The van der Waals surface area contributed by atoms with Crippen molar-refractivity contribution in [1.82, 2.24) is 0 Å². The van der Waals surface area contributed by atoms with E-state index in [-0.39, 0.29) is 40.8 Å². The van der Waals surface area contributed by atoms with Crippen molar-refractivity contribution in [2.24, 2.45) is 46.3 Å². The molecule has 0 heterocycles. The van der Waals surface area contributed by atoms with E-state index in [0.29, 0.717) is 36.0 Å². The molecule has 0 saturated heterocycles. The minimum atomic E-state index is -0.378. The Labute approximate surface area is 181 Å². The highest BCUT2D eigenvalue weighted by Crippen LogP contribution is 2.68. The number of aliphatic hydroxyl groups excluding tert-OH is 3. The predicted octanol–water partition coefficient (Wildman–Crippen LogP) is 3.57. The van der Waals surface area contributed by atoms with E-state index in [0.717, 1.165) is 51.4 Å². The van der Waals surface area contributed by atoms with Crippen LogP contribution in [0, 0.1) is 58.7 Å². The maximum Gasteiger partial charge on any atom is 0.205 e. The van der Waals surface area contributed by atoms with Crippen LogP contribution in [0.25, 0.3) is 0 Å². The van der Waals surface area contributed by atoms with Gasteiger partial charge in [-0.05, 0) is 104 Å². The fraction of sp³-hybridized carbons (Fsp3) is 0.885. The molecule has 11 atom stereocenters. The number of Topliss-reactive ketones (excluding diaryl/α,β-unsaturated/α-hetero) is 1. The maximum atomic E-state index is 11.6. The van der Waals surface area contributed by atoms with Crippen LogP contribution in [0.15, 0.2) is 0 Å². The van der Waals surface area contributed by atoms with Crippen molar-refractivity contribution in [2.45, 2.75) is 96.9 Å². The van der Waals surface area contributed by atoms with Crippen LogP contribution in [-0.4, -0.2) is 39.4 Å². The van der Waals surface area contributed by atoms with Crippen LogP contribution in [0.1, 0.15) is 78.6 Å². The summed E-state index contributed by atoms with van der Waals surface area (Å²) in [4.78, 5) is 11.6. The molecule has 0 bridgehead atoms. The summed E-state index contributed by atoms with van der Waals surface area (Å²) in [5.74, 6) is 4.00. The zero-order valence-corrected chi connectivity index (χ0v) is 18.9. The molecule has 0 aromatic heterocycles. The smallest absolute Gasteiger partial charge is 0.205 e. The molecule has 30 heavy (non-hydrogen) atoms.